The van der Waals surface area contributed by atoms with Gasteiger partial charge in [-0.25, -0.2) is 0 Å². The Bertz CT molecular complexity index is 134. The fourth-order valence-corrected chi connectivity index (χ4v) is 1.71. The van der Waals surface area contributed by atoms with Gasteiger partial charge in [0.2, 0.25) is 0 Å². The summed E-state index contributed by atoms with van der Waals surface area (Å²) in [5.74, 6) is 0. The van der Waals surface area contributed by atoms with Gasteiger partial charge >= 0.3 is 0 Å². The van der Waals surface area contributed by atoms with Gasteiger partial charge in [0.05, 0.1) is 0 Å². The average molecular weight is 215 g/mol. The van der Waals surface area contributed by atoms with Crippen molar-refractivity contribution in [3.63, 3.8) is 0 Å². The molecule has 2 heteroatoms. The molecule has 0 amide bonds. The molecule has 0 unspecified atom stereocenters. The molecule has 0 aromatic heterocycles. The maximum atomic E-state index is 5.01. The first-order valence-electron chi connectivity index (χ1n) is 6.32. The number of hydrogen-bond donors (Lipinski definition) is 1. The van der Waals surface area contributed by atoms with E-state index in [1.807, 2.05) is 0 Å². The predicted octanol–water partition coefficient (Wildman–Crippen LogP) is 3.22. The summed E-state index contributed by atoms with van der Waals surface area (Å²) in [5.41, 5.74) is 0.447. The summed E-state index contributed by atoms with van der Waals surface area (Å²) in [5, 5.41) is 3.51. The van der Waals surface area contributed by atoms with Crippen molar-refractivity contribution in [2.24, 2.45) is 5.41 Å². The smallest absolute Gasteiger partial charge is 0.0474 e. The fraction of sp³-hybridized carbons (Fsp3) is 1.00. The van der Waals surface area contributed by atoms with Crippen LogP contribution in [0.4, 0.5) is 0 Å². The van der Waals surface area contributed by atoms with Gasteiger partial charge in [-0.3, -0.25) is 0 Å². The molecule has 0 heterocycles. The highest BCUT2D eigenvalue weighted by Gasteiger charge is 2.15. The highest BCUT2D eigenvalue weighted by atomic mass is 16.5. The average Bonchev–Trinajstić information content (AvgIpc) is 2.17. The van der Waals surface area contributed by atoms with E-state index >= 15 is 0 Å². The molecule has 0 atom stereocenters. The lowest BCUT2D eigenvalue weighted by Crippen LogP contribution is -2.30. The molecule has 0 aliphatic carbocycles. The van der Waals surface area contributed by atoms with Crippen molar-refractivity contribution < 1.29 is 4.74 Å². The van der Waals surface area contributed by atoms with Crippen LogP contribution < -0.4 is 5.32 Å². The van der Waals surface area contributed by atoms with Gasteiger partial charge in [-0.05, 0) is 24.8 Å². The van der Waals surface area contributed by atoms with Crippen LogP contribution in [0.25, 0.3) is 0 Å². The number of unbranched alkanes of at least 4 members (excludes halogenated alkanes) is 2. The van der Waals surface area contributed by atoms with Crippen LogP contribution >= 0.6 is 0 Å². The molecule has 0 aliphatic rings. The fourth-order valence-electron chi connectivity index (χ4n) is 1.71. The van der Waals surface area contributed by atoms with E-state index in [1.165, 1.54) is 25.7 Å². The molecule has 0 rings (SSSR count). The van der Waals surface area contributed by atoms with E-state index in [1.54, 1.807) is 7.11 Å². The second-order valence-corrected chi connectivity index (χ2v) is 5.14. The first-order valence-corrected chi connectivity index (χ1v) is 6.32. The highest BCUT2D eigenvalue weighted by Crippen LogP contribution is 2.22. The Morgan fingerprint density at radius 3 is 2.47 bits per heavy atom. The molecular formula is C13H29NO. The molecule has 0 radical (unpaired) electrons. The molecule has 92 valence electrons. The van der Waals surface area contributed by atoms with Crippen LogP contribution in [0.1, 0.15) is 52.9 Å². The summed E-state index contributed by atoms with van der Waals surface area (Å²) in [6.07, 6.45) is 6.49. The van der Waals surface area contributed by atoms with Gasteiger partial charge in [-0.15, -0.1) is 0 Å². The van der Waals surface area contributed by atoms with E-state index in [0.29, 0.717) is 5.41 Å². The van der Waals surface area contributed by atoms with Crippen molar-refractivity contribution in [3.05, 3.63) is 0 Å². The van der Waals surface area contributed by atoms with Crippen LogP contribution in [-0.2, 0) is 4.74 Å². The molecule has 1 N–H and O–H groups in total. The summed E-state index contributed by atoms with van der Waals surface area (Å²) in [6, 6.07) is 0. The molecule has 0 aromatic carbocycles. The Morgan fingerprint density at radius 2 is 1.87 bits per heavy atom. The third-order valence-electron chi connectivity index (χ3n) is 2.76. The second-order valence-electron chi connectivity index (χ2n) is 5.14. The normalized spacial score (nSPS) is 12.0. The molecule has 0 fully saturated rings. The monoisotopic (exact) mass is 215 g/mol. The van der Waals surface area contributed by atoms with Crippen LogP contribution in [0.3, 0.4) is 0 Å². The van der Waals surface area contributed by atoms with Gasteiger partial charge in [0.15, 0.2) is 0 Å². The SMILES string of the molecule is CCCCCC(C)(C)CNCCCOC. The predicted molar refractivity (Wildman–Crippen MR) is 67.3 cm³/mol. The van der Waals surface area contributed by atoms with E-state index < -0.39 is 0 Å². The zero-order valence-corrected chi connectivity index (χ0v) is 11.1. The minimum absolute atomic E-state index is 0.447. The zero-order valence-electron chi connectivity index (χ0n) is 11.1. The topological polar surface area (TPSA) is 21.3 Å². The third kappa shape index (κ3) is 10.2. The quantitative estimate of drug-likeness (QED) is 0.565. The summed E-state index contributed by atoms with van der Waals surface area (Å²) in [7, 11) is 1.76. The van der Waals surface area contributed by atoms with E-state index in [4.69, 9.17) is 4.74 Å². The summed E-state index contributed by atoms with van der Waals surface area (Å²) < 4.78 is 5.01. The van der Waals surface area contributed by atoms with Crippen LogP contribution in [0.15, 0.2) is 0 Å². The van der Waals surface area contributed by atoms with Gasteiger partial charge in [0, 0.05) is 20.3 Å². The van der Waals surface area contributed by atoms with E-state index in [0.717, 1.165) is 26.1 Å². The summed E-state index contributed by atoms with van der Waals surface area (Å²) in [4.78, 5) is 0. The van der Waals surface area contributed by atoms with Crippen LogP contribution in [-0.4, -0.2) is 26.8 Å². The highest BCUT2D eigenvalue weighted by molar-refractivity contribution is 4.71. The van der Waals surface area contributed by atoms with Crippen molar-refractivity contribution >= 4 is 0 Å². The third-order valence-corrected chi connectivity index (χ3v) is 2.76. The van der Waals surface area contributed by atoms with Crippen molar-refractivity contribution in [1.29, 1.82) is 0 Å². The van der Waals surface area contributed by atoms with Gasteiger partial charge in [-0.2, -0.15) is 0 Å². The molecule has 0 saturated heterocycles. The molecule has 0 bridgehead atoms. The van der Waals surface area contributed by atoms with Gasteiger partial charge < -0.3 is 10.1 Å². The van der Waals surface area contributed by atoms with Gasteiger partial charge in [0.25, 0.3) is 0 Å². The maximum absolute atomic E-state index is 5.01. The first-order chi connectivity index (χ1) is 7.12. The lowest BCUT2D eigenvalue weighted by Gasteiger charge is -2.25. The Balaban J connectivity index is 3.38. The van der Waals surface area contributed by atoms with E-state index in [-0.39, 0.29) is 0 Å². The number of methoxy groups -OCH3 is 1. The maximum Gasteiger partial charge on any atom is 0.0474 e. The Kier molecular flexibility index (Phi) is 9.12. The van der Waals surface area contributed by atoms with Crippen LogP contribution in [0.5, 0.6) is 0 Å². The Morgan fingerprint density at radius 1 is 1.13 bits per heavy atom. The van der Waals surface area contributed by atoms with Crippen LogP contribution in [0, 0.1) is 5.41 Å². The molecule has 0 saturated carbocycles. The molecule has 0 spiro atoms. The minimum Gasteiger partial charge on any atom is -0.385 e. The van der Waals surface area contributed by atoms with Crippen molar-refractivity contribution in [3.8, 4) is 0 Å². The minimum atomic E-state index is 0.447. The van der Waals surface area contributed by atoms with Crippen LogP contribution in [0.2, 0.25) is 0 Å². The molecule has 15 heavy (non-hydrogen) atoms. The number of rotatable bonds is 10. The molecular weight excluding hydrogens is 186 g/mol. The number of nitrogens with one attached hydrogen (secondary N) is 1. The lowest BCUT2D eigenvalue weighted by molar-refractivity contribution is 0.192. The molecule has 0 aromatic rings. The lowest BCUT2D eigenvalue weighted by atomic mass is 9.87. The van der Waals surface area contributed by atoms with Crippen molar-refractivity contribution in [1.82, 2.24) is 5.32 Å². The van der Waals surface area contributed by atoms with E-state index in [9.17, 15) is 0 Å². The number of hydrogen-bond acceptors (Lipinski definition) is 2. The van der Waals surface area contributed by atoms with Gasteiger partial charge in [-0.1, -0.05) is 40.0 Å². The zero-order chi connectivity index (χ0) is 11.6. The largest absolute Gasteiger partial charge is 0.385 e. The van der Waals surface area contributed by atoms with Crippen molar-refractivity contribution in [2.45, 2.75) is 52.9 Å². The molecule has 0 aliphatic heterocycles. The Hall–Kier alpha value is -0.0800. The standard InChI is InChI=1S/C13H29NO/c1-5-6-7-9-13(2,3)12-14-10-8-11-15-4/h14H,5-12H2,1-4H3. The molecule has 2 nitrogen and oxygen atoms in total. The first kappa shape index (κ1) is 14.9. The van der Waals surface area contributed by atoms with Gasteiger partial charge in [0.1, 0.15) is 0 Å². The summed E-state index contributed by atoms with van der Waals surface area (Å²) >= 11 is 0. The summed E-state index contributed by atoms with van der Waals surface area (Å²) in [6.45, 7) is 10.0. The number of ether oxygens (including phenoxy) is 1. The van der Waals surface area contributed by atoms with E-state index in [2.05, 4.69) is 26.1 Å². The van der Waals surface area contributed by atoms with Crippen molar-refractivity contribution in [2.75, 3.05) is 26.8 Å². The Labute approximate surface area is 95.8 Å². The second kappa shape index (κ2) is 9.17.